The summed E-state index contributed by atoms with van der Waals surface area (Å²) in [6.07, 6.45) is 0.357. The lowest BCUT2D eigenvalue weighted by Crippen LogP contribution is -2.10. The van der Waals surface area contributed by atoms with Crippen LogP contribution in [0.5, 0.6) is 0 Å². The number of halogens is 3. The molecule has 2 rings (SSSR count). The van der Waals surface area contributed by atoms with Gasteiger partial charge in [-0.05, 0) is 30.3 Å². The summed E-state index contributed by atoms with van der Waals surface area (Å²) >= 11 is 0. The molecular formula is C11H10F3N. The van der Waals surface area contributed by atoms with Crippen LogP contribution in [0.4, 0.5) is 13.2 Å². The van der Waals surface area contributed by atoms with E-state index in [9.17, 15) is 13.2 Å². The van der Waals surface area contributed by atoms with E-state index in [2.05, 4.69) is 5.32 Å². The fourth-order valence-corrected chi connectivity index (χ4v) is 1.59. The van der Waals surface area contributed by atoms with Gasteiger partial charge >= 0.3 is 6.18 Å². The second-order valence-corrected chi connectivity index (χ2v) is 3.48. The molecule has 0 fully saturated rings. The molecule has 0 aliphatic carbocycles. The number of benzene rings is 1. The maximum absolute atomic E-state index is 12.3. The summed E-state index contributed by atoms with van der Waals surface area (Å²) < 4.78 is 36.8. The van der Waals surface area contributed by atoms with Gasteiger partial charge in [-0.1, -0.05) is 18.2 Å². The molecule has 1 N–H and O–H groups in total. The van der Waals surface area contributed by atoms with Crippen LogP contribution < -0.4 is 5.32 Å². The zero-order valence-electron chi connectivity index (χ0n) is 7.88. The van der Waals surface area contributed by atoms with Crippen LogP contribution in [0.3, 0.4) is 0 Å². The highest BCUT2D eigenvalue weighted by atomic mass is 19.4. The van der Waals surface area contributed by atoms with E-state index >= 15 is 0 Å². The summed E-state index contributed by atoms with van der Waals surface area (Å²) in [5, 5.41) is 3.07. The lowest BCUT2D eigenvalue weighted by Gasteiger charge is -2.12. The summed E-state index contributed by atoms with van der Waals surface area (Å²) in [5.41, 5.74) is 0.283. The van der Waals surface area contributed by atoms with E-state index < -0.39 is 11.7 Å². The maximum Gasteiger partial charge on any atom is 0.416 e. The van der Waals surface area contributed by atoms with E-state index in [4.69, 9.17) is 0 Å². The smallest absolute Gasteiger partial charge is 0.384 e. The van der Waals surface area contributed by atoms with E-state index in [-0.39, 0.29) is 6.04 Å². The van der Waals surface area contributed by atoms with Crippen LogP contribution in [0.25, 0.3) is 0 Å². The Labute approximate surface area is 85.6 Å². The van der Waals surface area contributed by atoms with Crippen LogP contribution in [-0.2, 0) is 6.18 Å². The highest BCUT2D eigenvalue weighted by Crippen LogP contribution is 2.30. The molecule has 0 aromatic heterocycles. The van der Waals surface area contributed by atoms with Crippen molar-refractivity contribution in [1.29, 1.82) is 0 Å². The zero-order valence-corrected chi connectivity index (χ0v) is 7.88. The van der Waals surface area contributed by atoms with Crippen LogP contribution in [0, 0.1) is 0 Å². The van der Waals surface area contributed by atoms with Crippen molar-refractivity contribution in [3.8, 4) is 0 Å². The highest BCUT2D eigenvalue weighted by molar-refractivity contribution is 5.28. The van der Waals surface area contributed by atoms with Crippen LogP contribution >= 0.6 is 0 Å². The van der Waals surface area contributed by atoms with E-state index in [0.717, 1.165) is 24.1 Å². The van der Waals surface area contributed by atoms with Crippen molar-refractivity contribution in [2.45, 2.75) is 18.6 Å². The molecule has 0 bridgehead atoms. The standard InChI is InChI=1S/C11H10F3N/c12-11(13,14)9-5-3-8(4-6-9)10-2-1-7-15-10/h1,3-7,10,15H,2H2. The Morgan fingerprint density at radius 1 is 1.13 bits per heavy atom. The summed E-state index contributed by atoms with van der Waals surface area (Å²) in [4.78, 5) is 0. The third-order valence-electron chi connectivity index (χ3n) is 2.43. The Morgan fingerprint density at radius 2 is 1.80 bits per heavy atom. The Balaban J connectivity index is 2.17. The predicted octanol–water partition coefficient (Wildman–Crippen LogP) is 3.25. The number of hydrogen-bond donors (Lipinski definition) is 1. The Bertz CT molecular complexity index is 356. The summed E-state index contributed by atoms with van der Waals surface area (Å²) in [6, 6.07) is 5.40. The quantitative estimate of drug-likeness (QED) is 0.755. The molecular weight excluding hydrogens is 203 g/mol. The second kappa shape index (κ2) is 3.61. The van der Waals surface area contributed by atoms with E-state index in [1.165, 1.54) is 12.1 Å². The summed E-state index contributed by atoms with van der Waals surface area (Å²) in [5.74, 6) is 0. The van der Waals surface area contributed by atoms with Gasteiger partial charge in [0.25, 0.3) is 0 Å². The van der Waals surface area contributed by atoms with Gasteiger partial charge in [0, 0.05) is 0 Å². The second-order valence-electron chi connectivity index (χ2n) is 3.48. The third kappa shape index (κ3) is 2.14. The van der Waals surface area contributed by atoms with Crippen molar-refractivity contribution in [2.24, 2.45) is 0 Å². The molecule has 0 amide bonds. The number of nitrogens with one attached hydrogen (secondary N) is 1. The zero-order chi connectivity index (χ0) is 10.9. The normalized spacial score (nSPS) is 20.3. The minimum absolute atomic E-state index is 0.118. The van der Waals surface area contributed by atoms with Gasteiger partial charge in [-0.15, -0.1) is 0 Å². The maximum atomic E-state index is 12.3. The molecule has 0 spiro atoms. The molecule has 0 radical (unpaired) electrons. The molecule has 15 heavy (non-hydrogen) atoms. The van der Waals surface area contributed by atoms with Crippen molar-refractivity contribution < 1.29 is 13.2 Å². The highest BCUT2D eigenvalue weighted by Gasteiger charge is 2.30. The van der Waals surface area contributed by atoms with Crippen molar-refractivity contribution >= 4 is 0 Å². The van der Waals surface area contributed by atoms with Crippen LogP contribution in [-0.4, -0.2) is 0 Å². The van der Waals surface area contributed by atoms with Gasteiger partial charge in [0.2, 0.25) is 0 Å². The fourth-order valence-electron chi connectivity index (χ4n) is 1.59. The first-order valence-electron chi connectivity index (χ1n) is 4.65. The van der Waals surface area contributed by atoms with Crippen molar-refractivity contribution in [2.75, 3.05) is 0 Å². The molecule has 1 heterocycles. The van der Waals surface area contributed by atoms with Crippen molar-refractivity contribution in [3.05, 3.63) is 47.7 Å². The van der Waals surface area contributed by atoms with Crippen molar-refractivity contribution in [3.63, 3.8) is 0 Å². The topological polar surface area (TPSA) is 12.0 Å². The van der Waals surface area contributed by atoms with Gasteiger partial charge in [-0.25, -0.2) is 0 Å². The predicted molar refractivity (Wildman–Crippen MR) is 51.1 cm³/mol. The van der Waals surface area contributed by atoms with Crippen LogP contribution in [0.1, 0.15) is 23.6 Å². The van der Waals surface area contributed by atoms with Gasteiger partial charge in [0.05, 0.1) is 11.6 Å². The third-order valence-corrected chi connectivity index (χ3v) is 2.43. The van der Waals surface area contributed by atoms with Crippen LogP contribution in [0.2, 0.25) is 0 Å². The minimum Gasteiger partial charge on any atom is -0.384 e. The van der Waals surface area contributed by atoms with Gasteiger partial charge in [0.1, 0.15) is 0 Å². The average molecular weight is 213 g/mol. The van der Waals surface area contributed by atoms with E-state index in [1.807, 2.05) is 12.3 Å². The number of alkyl halides is 3. The van der Waals surface area contributed by atoms with Crippen LogP contribution in [0.15, 0.2) is 36.5 Å². The van der Waals surface area contributed by atoms with E-state index in [1.54, 1.807) is 0 Å². The fraction of sp³-hybridized carbons (Fsp3) is 0.273. The summed E-state index contributed by atoms with van der Waals surface area (Å²) in [6.45, 7) is 0. The van der Waals surface area contributed by atoms with E-state index in [0.29, 0.717) is 0 Å². The summed E-state index contributed by atoms with van der Waals surface area (Å²) in [7, 11) is 0. The molecule has 1 nitrogen and oxygen atoms in total. The molecule has 0 saturated carbocycles. The number of hydrogen-bond acceptors (Lipinski definition) is 1. The average Bonchev–Trinajstić information content (AvgIpc) is 2.69. The Morgan fingerprint density at radius 3 is 2.27 bits per heavy atom. The molecule has 1 aromatic rings. The molecule has 1 aromatic carbocycles. The lowest BCUT2D eigenvalue weighted by molar-refractivity contribution is -0.137. The SMILES string of the molecule is FC(F)(F)c1ccc(C2CC=CN2)cc1. The van der Waals surface area contributed by atoms with Gasteiger partial charge in [-0.2, -0.15) is 13.2 Å². The van der Waals surface area contributed by atoms with Crippen molar-refractivity contribution in [1.82, 2.24) is 5.32 Å². The first kappa shape index (κ1) is 10.1. The minimum atomic E-state index is -4.25. The monoisotopic (exact) mass is 213 g/mol. The molecule has 0 saturated heterocycles. The molecule has 1 unspecified atom stereocenters. The molecule has 1 aliphatic heterocycles. The van der Waals surface area contributed by atoms with Gasteiger partial charge in [-0.3, -0.25) is 0 Å². The molecule has 1 atom stereocenters. The number of rotatable bonds is 1. The molecule has 4 heteroatoms. The Kier molecular flexibility index (Phi) is 2.42. The Hall–Kier alpha value is -1.45. The van der Waals surface area contributed by atoms with Gasteiger partial charge < -0.3 is 5.32 Å². The first-order chi connectivity index (χ1) is 7.07. The molecule has 1 aliphatic rings. The molecule has 80 valence electrons. The lowest BCUT2D eigenvalue weighted by atomic mass is 10.0. The van der Waals surface area contributed by atoms with Gasteiger partial charge in [0.15, 0.2) is 0 Å². The largest absolute Gasteiger partial charge is 0.416 e. The first-order valence-corrected chi connectivity index (χ1v) is 4.65.